The highest BCUT2D eigenvalue weighted by Crippen LogP contribution is 2.17. The fourth-order valence-electron chi connectivity index (χ4n) is 1.20. The maximum atomic E-state index is 6.22. The largest absolute Gasteiger partial charge is 0.382 e. The second kappa shape index (κ2) is 4.70. The second-order valence-corrected chi connectivity index (χ2v) is 3.96. The van der Waals surface area contributed by atoms with Gasteiger partial charge in [-0.25, -0.2) is 0 Å². The van der Waals surface area contributed by atoms with Crippen LogP contribution in [-0.2, 0) is 0 Å². The standard InChI is InChI=1S/C10H21BN2/c1-7-8-13(6)10(3,11)9(2)12(4)5/h7-9H,1-6H3/b8-7-/t9-,10?/m1/s1. The zero-order valence-corrected chi connectivity index (χ0v) is 9.70. The fourth-order valence-corrected chi connectivity index (χ4v) is 1.20. The first-order valence-electron chi connectivity index (χ1n) is 4.65. The monoisotopic (exact) mass is 180 g/mol. The van der Waals surface area contributed by atoms with E-state index >= 15 is 0 Å². The van der Waals surface area contributed by atoms with Crippen molar-refractivity contribution in [1.82, 2.24) is 9.80 Å². The summed E-state index contributed by atoms with van der Waals surface area (Å²) in [5.41, 5.74) is -0.337. The molecule has 3 heteroatoms. The van der Waals surface area contributed by atoms with Gasteiger partial charge in [0.1, 0.15) is 7.85 Å². The molecule has 0 fully saturated rings. The molecular formula is C10H21BN2. The third kappa shape index (κ3) is 3.07. The lowest BCUT2D eigenvalue weighted by atomic mass is 9.72. The maximum absolute atomic E-state index is 6.22. The van der Waals surface area contributed by atoms with E-state index in [2.05, 4.69) is 11.8 Å². The number of likely N-dealkylation sites (N-methyl/N-ethyl adjacent to an activating group) is 2. The Hall–Kier alpha value is -0.435. The van der Waals surface area contributed by atoms with Crippen molar-refractivity contribution in [2.45, 2.75) is 32.3 Å². The molecule has 2 atom stereocenters. The summed E-state index contributed by atoms with van der Waals surface area (Å²) in [7, 11) is 12.3. The molecule has 2 radical (unpaired) electrons. The first-order chi connectivity index (χ1) is 5.84. The summed E-state index contributed by atoms with van der Waals surface area (Å²) in [4.78, 5) is 4.16. The van der Waals surface area contributed by atoms with Crippen molar-refractivity contribution in [3.8, 4) is 0 Å². The van der Waals surface area contributed by atoms with E-state index in [0.29, 0.717) is 6.04 Å². The molecule has 0 aliphatic carbocycles. The Kier molecular flexibility index (Phi) is 4.55. The van der Waals surface area contributed by atoms with E-state index in [4.69, 9.17) is 7.85 Å². The number of rotatable bonds is 4. The molecule has 1 unspecified atom stereocenters. The van der Waals surface area contributed by atoms with Gasteiger partial charge in [0.05, 0.1) is 0 Å². The molecule has 74 valence electrons. The number of allylic oxidation sites excluding steroid dienone is 1. The van der Waals surface area contributed by atoms with Crippen molar-refractivity contribution in [3.63, 3.8) is 0 Å². The van der Waals surface area contributed by atoms with Crippen LogP contribution in [0.2, 0.25) is 0 Å². The molecule has 0 saturated heterocycles. The van der Waals surface area contributed by atoms with Crippen molar-refractivity contribution in [2.24, 2.45) is 0 Å². The zero-order valence-electron chi connectivity index (χ0n) is 9.70. The predicted octanol–water partition coefficient (Wildman–Crippen LogP) is 1.29. The van der Waals surface area contributed by atoms with Crippen LogP contribution >= 0.6 is 0 Å². The van der Waals surface area contributed by atoms with Gasteiger partial charge in [-0.05, 0) is 41.1 Å². The van der Waals surface area contributed by atoms with Gasteiger partial charge >= 0.3 is 0 Å². The topological polar surface area (TPSA) is 6.48 Å². The summed E-state index contributed by atoms with van der Waals surface area (Å²) in [5.74, 6) is 0. The van der Waals surface area contributed by atoms with Crippen LogP contribution in [-0.4, -0.2) is 50.3 Å². The van der Waals surface area contributed by atoms with Crippen LogP contribution in [0.15, 0.2) is 12.3 Å². The van der Waals surface area contributed by atoms with E-state index in [9.17, 15) is 0 Å². The van der Waals surface area contributed by atoms with E-state index in [-0.39, 0.29) is 5.44 Å². The zero-order chi connectivity index (χ0) is 10.6. The molecule has 0 aliphatic heterocycles. The Morgan fingerprint density at radius 1 is 1.31 bits per heavy atom. The summed E-state index contributed by atoms with van der Waals surface area (Å²) in [6.07, 6.45) is 3.99. The van der Waals surface area contributed by atoms with Crippen LogP contribution in [0, 0.1) is 0 Å². The Balaban J connectivity index is 4.53. The van der Waals surface area contributed by atoms with E-state index < -0.39 is 0 Å². The summed E-state index contributed by atoms with van der Waals surface area (Å²) in [5, 5.41) is 0. The van der Waals surface area contributed by atoms with Crippen molar-refractivity contribution >= 4 is 7.85 Å². The van der Waals surface area contributed by atoms with Crippen LogP contribution in [0.5, 0.6) is 0 Å². The quantitative estimate of drug-likeness (QED) is 0.601. The second-order valence-electron chi connectivity index (χ2n) is 3.96. The van der Waals surface area contributed by atoms with Crippen molar-refractivity contribution < 1.29 is 0 Å². The van der Waals surface area contributed by atoms with Gasteiger partial charge in [0.25, 0.3) is 0 Å². The van der Waals surface area contributed by atoms with E-state index in [0.717, 1.165) is 0 Å². The highest BCUT2D eigenvalue weighted by atomic mass is 15.2. The summed E-state index contributed by atoms with van der Waals surface area (Å²) >= 11 is 0. The number of nitrogens with zero attached hydrogens (tertiary/aromatic N) is 2. The molecule has 0 rings (SSSR count). The van der Waals surface area contributed by atoms with Crippen LogP contribution in [0.4, 0.5) is 0 Å². The average molecular weight is 180 g/mol. The van der Waals surface area contributed by atoms with Crippen molar-refractivity contribution in [3.05, 3.63) is 12.3 Å². The van der Waals surface area contributed by atoms with E-state index in [1.165, 1.54) is 0 Å². The first-order valence-corrected chi connectivity index (χ1v) is 4.65. The summed E-state index contributed by atoms with van der Waals surface area (Å²) in [6.45, 7) is 6.16. The Labute approximate surface area is 84.0 Å². The Morgan fingerprint density at radius 3 is 2.08 bits per heavy atom. The van der Waals surface area contributed by atoms with Crippen LogP contribution in [0.25, 0.3) is 0 Å². The SMILES string of the molecule is [B]C(C)([C@@H](C)N(C)C)N(C)/C=C\C. The van der Waals surface area contributed by atoms with Gasteiger partial charge in [0, 0.05) is 18.5 Å². The Bertz CT molecular complexity index is 176. The van der Waals surface area contributed by atoms with Crippen molar-refractivity contribution in [1.29, 1.82) is 0 Å². The first kappa shape index (κ1) is 12.6. The van der Waals surface area contributed by atoms with Gasteiger partial charge in [-0.1, -0.05) is 6.08 Å². The number of hydrogen-bond acceptors (Lipinski definition) is 2. The molecule has 0 bridgehead atoms. The third-order valence-electron chi connectivity index (χ3n) is 2.75. The van der Waals surface area contributed by atoms with Gasteiger partial charge in [0.2, 0.25) is 0 Å². The van der Waals surface area contributed by atoms with Gasteiger partial charge in [-0.2, -0.15) is 0 Å². The fraction of sp³-hybridized carbons (Fsp3) is 0.800. The molecule has 0 spiro atoms. The minimum atomic E-state index is -0.337. The minimum absolute atomic E-state index is 0.300. The highest BCUT2D eigenvalue weighted by Gasteiger charge is 2.29. The van der Waals surface area contributed by atoms with Gasteiger partial charge in [-0.15, -0.1) is 0 Å². The Morgan fingerprint density at radius 2 is 1.77 bits per heavy atom. The van der Waals surface area contributed by atoms with Gasteiger partial charge in [0.15, 0.2) is 0 Å². The third-order valence-corrected chi connectivity index (χ3v) is 2.75. The molecule has 0 aromatic rings. The smallest absolute Gasteiger partial charge is 0.105 e. The lowest BCUT2D eigenvalue weighted by Crippen LogP contribution is -2.55. The van der Waals surface area contributed by atoms with Crippen LogP contribution < -0.4 is 0 Å². The summed E-state index contributed by atoms with van der Waals surface area (Å²) < 4.78 is 0. The molecule has 2 nitrogen and oxygen atoms in total. The molecule has 0 aromatic heterocycles. The molecule has 0 N–H and O–H groups in total. The molecule has 13 heavy (non-hydrogen) atoms. The molecule has 0 aliphatic rings. The molecule has 0 amide bonds. The van der Waals surface area contributed by atoms with Crippen LogP contribution in [0.1, 0.15) is 20.8 Å². The van der Waals surface area contributed by atoms with Crippen LogP contribution in [0.3, 0.4) is 0 Å². The predicted molar refractivity (Wildman–Crippen MR) is 59.9 cm³/mol. The highest BCUT2D eigenvalue weighted by molar-refractivity contribution is 6.15. The maximum Gasteiger partial charge on any atom is 0.105 e. The van der Waals surface area contributed by atoms with Gasteiger partial charge in [-0.3, -0.25) is 0 Å². The number of hydrogen-bond donors (Lipinski definition) is 0. The summed E-state index contributed by atoms with van der Waals surface area (Å²) in [6, 6.07) is 0.300. The minimum Gasteiger partial charge on any atom is -0.382 e. The van der Waals surface area contributed by atoms with E-state index in [1.807, 2.05) is 52.2 Å². The molecule has 0 heterocycles. The lowest BCUT2D eigenvalue weighted by Gasteiger charge is -2.43. The average Bonchev–Trinajstić information content (AvgIpc) is 2.03. The molecule has 0 aromatic carbocycles. The van der Waals surface area contributed by atoms with Crippen molar-refractivity contribution in [2.75, 3.05) is 21.1 Å². The lowest BCUT2D eigenvalue weighted by molar-refractivity contribution is 0.158. The molecule has 0 saturated carbocycles. The normalized spacial score (nSPS) is 19.0. The van der Waals surface area contributed by atoms with Gasteiger partial charge < -0.3 is 9.80 Å². The molecular weight excluding hydrogens is 159 g/mol. The van der Waals surface area contributed by atoms with E-state index in [1.54, 1.807) is 0 Å².